The molecule has 0 aliphatic heterocycles. The van der Waals surface area contributed by atoms with E-state index in [1.165, 1.54) is 36.8 Å². The van der Waals surface area contributed by atoms with Crippen LogP contribution in [0.2, 0.25) is 0 Å². The van der Waals surface area contributed by atoms with Gasteiger partial charge in [-0.2, -0.15) is 0 Å². The Morgan fingerprint density at radius 2 is 1.02 bits per heavy atom. The van der Waals surface area contributed by atoms with Crippen molar-refractivity contribution in [2.45, 2.75) is 132 Å². The van der Waals surface area contributed by atoms with E-state index in [1.807, 2.05) is 13.8 Å². The first-order chi connectivity index (χ1) is 20.6. The van der Waals surface area contributed by atoms with Crippen molar-refractivity contribution < 1.29 is 40.2 Å². The molecule has 0 amide bonds. The summed E-state index contributed by atoms with van der Waals surface area (Å²) in [6, 6.07) is 0. The smallest absolute Gasteiger partial charge is 0.550 e. The van der Waals surface area contributed by atoms with E-state index in [0.29, 0.717) is 23.7 Å². The van der Waals surface area contributed by atoms with Gasteiger partial charge in [-0.3, -0.25) is 0 Å². The molecule has 0 bridgehead atoms. The number of carboxylic acid groups (broad SMARTS) is 2. The molecule has 0 aromatic carbocycles. The maximum absolute atomic E-state index is 11.8. The molecular formula is C40H58O4Pd. The minimum atomic E-state index is -0.838. The van der Waals surface area contributed by atoms with Crippen LogP contribution in [0.3, 0.4) is 0 Å². The van der Waals surface area contributed by atoms with Gasteiger partial charge in [-0.1, -0.05) is 104 Å². The SMILES string of the molecule is CC(C)C1=CC2=CCC3C(C)(C(=O)[O-])CCCC3(C)C2CC1.CC(C)C1=CC2=CCC3C(C)(C(=O)[O-])CCCC3(C)C2CC1.[Pd+2]. The van der Waals surface area contributed by atoms with Crippen molar-refractivity contribution in [2.75, 3.05) is 0 Å². The fourth-order valence-corrected chi connectivity index (χ4v) is 11.2. The first-order valence-electron chi connectivity index (χ1n) is 17.8. The molecule has 0 radical (unpaired) electrons. The van der Waals surface area contributed by atoms with Crippen LogP contribution in [0.25, 0.3) is 0 Å². The van der Waals surface area contributed by atoms with Gasteiger partial charge in [0.2, 0.25) is 0 Å². The number of hydrogen-bond acceptors (Lipinski definition) is 4. The van der Waals surface area contributed by atoms with E-state index in [2.05, 4.69) is 65.8 Å². The molecule has 0 aromatic rings. The predicted octanol–water partition coefficient (Wildman–Crippen LogP) is 7.74. The maximum atomic E-state index is 11.8. The molecule has 6 aliphatic rings. The Labute approximate surface area is 287 Å². The predicted molar refractivity (Wildman–Crippen MR) is 174 cm³/mol. The summed E-state index contributed by atoms with van der Waals surface area (Å²) in [6.45, 7) is 17.7. The van der Waals surface area contributed by atoms with E-state index in [0.717, 1.165) is 51.4 Å². The van der Waals surface area contributed by atoms with Gasteiger partial charge in [-0.25, -0.2) is 0 Å². The summed E-state index contributed by atoms with van der Waals surface area (Å²) < 4.78 is 0. The summed E-state index contributed by atoms with van der Waals surface area (Å²) in [5.74, 6) is 1.08. The molecular weight excluding hydrogens is 651 g/mol. The van der Waals surface area contributed by atoms with E-state index in [9.17, 15) is 19.8 Å². The summed E-state index contributed by atoms with van der Waals surface area (Å²) in [6.07, 6.45) is 21.9. The van der Waals surface area contributed by atoms with Gasteiger partial charge in [-0.15, -0.1) is 0 Å². The molecule has 6 aliphatic carbocycles. The zero-order valence-electron chi connectivity index (χ0n) is 29.2. The Balaban J connectivity index is 0.000000200. The van der Waals surface area contributed by atoms with Crippen LogP contribution >= 0.6 is 0 Å². The molecule has 2 fully saturated rings. The second kappa shape index (κ2) is 13.2. The third-order valence-electron chi connectivity index (χ3n) is 14.1. The van der Waals surface area contributed by atoms with Crippen LogP contribution in [-0.4, -0.2) is 11.9 Å². The Morgan fingerprint density at radius 1 is 0.667 bits per heavy atom. The molecule has 6 rings (SSSR count). The van der Waals surface area contributed by atoms with E-state index < -0.39 is 22.8 Å². The average Bonchev–Trinajstić information content (AvgIpc) is 2.96. The molecule has 2 saturated carbocycles. The molecule has 0 aromatic heterocycles. The molecule has 0 spiro atoms. The molecule has 8 unspecified atom stereocenters. The van der Waals surface area contributed by atoms with Crippen molar-refractivity contribution in [3.05, 3.63) is 46.6 Å². The molecule has 45 heavy (non-hydrogen) atoms. The minimum Gasteiger partial charge on any atom is -0.550 e. The molecule has 4 nitrogen and oxygen atoms in total. The van der Waals surface area contributed by atoms with Crippen molar-refractivity contribution in [2.24, 2.45) is 57.2 Å². The molecule has 0 saturated heterocycles. The second-order valence-corrected chi connectivity index (χ2v) is 17.0. The summed E-state index contributed by atoms with van der Waals surface area (Å²) in [4.78, 5) is 23.7. The van der Waals surface area contributed by atoms with Gasteiger partial charge in [-0.05, 0) is 122 Å². The van der Waals surface area contributed by atoms with Gasteiger partial charge in [0.1, 0.15) is 0 Å². The number of hydrogen-bond donors (Lipinski definition) is 0. The first kappa shape index (κ1) is 36.4. The Morgan fingerprint density at radius 3 is 1.33 bits per heavy atom. The number of rotatable bonds is 4. The third kappa shape index (κ3) is 6.17. The van der Waals surface area contributed by atoms with E-state index in [4.69, 9.17) is 0 Å². The molecule has 0 heterocycles. The Hall–Kier alpha value is -1.44. The van der Waals surface area contributed by atoms with Crippen molar-refractivity contribution in [3.8, 4) is 0 Å². The zero-order valence-corrected chi connectivity index (χ0v) is 30.8. The van der Waals surface area contributed by atoms with Crippen LogP contribution in [0.4, 0.5) is 0 Å². The third-order valence-corrected chi connectivity index (χ3v) is 14.1. The van der Waals surface area contributed by atoms with Crippen LogP contribution in [0.15, 0.2) is 46.6 Å². The number of carboxylic acids is 2. The number of carbonyl (C=O) groups is 2. The summed E-state index contributed by atoms with van der Waals surface area (Å²) in [5.41, 5.74) is 5.01. The van der Waals surface area contributed by atoms with E-state index >= 15 is 0 Å². The van der Waals surface area contributed by atoms with Crippen LogP contribution < -0.4 is 10.2 Å². The molecule has 5 heteroatoms. The minimum absolute atomic E-state index is 0. The number of carbonyl (C=O) groups excluding carboxylic acids is 2. The van der Waals surface area contributed by atoms with Crippen molar-refractivity contribution in [1.29, 1.82) is 0 Å². The van der Waals surface area contributed by atoms with Gasteiger partial charge in [0, 0.05) is 22.8 Å². The van der Waals surface area contributed by atoms with Crippen LogP contribution in [-0.2, 0) is 30.0 Å². The van der Waals surface area contributed by atoms with Crippen LogP contribution in [0.1, 0.15) is 132 Å². The van der Waals surface area contributed by atoms with Crippen LogP contribution in [0, 0.1) is 57.2 Å². The van der Waals surface area contributed by atoms with Gasteiger partial charge in [0.25, 0.3) is 0 Å². The Kier molecular flexibility index (Phi) is 10.7. The summed E-state index contributed by atoms with van der Waals surface area (Å²) in [7, 11) is 0. The maximum Gasteiger partial charge on any atom is 2.00 e. The van der Waals surface area contributed by atoms with Gasteiger partial charge in [0.05, 0.1) is 0 Å². The largest absolute Gasteiger partial charge is 2.00 e. The fourth-order valence-electron chi connectivity index (χ4n) is 11.2. The van der Waals surface area contributed by atoms with Crippen molar-refractivity contribution >= 4 is 11.9 Å². The van der Waals surface area contributed by atoms with Gasteiger partial charge >= 0.3 is 20.4 Å². The Bertz CT molecular complexity index is 1190. The summed E-state index contributed by atoms with van der Waals surface area (Å²) in [5, 5.41) is 23.7. The standard InChI is InChI=1S/2C20H30O2.Pd/c2*1-13(2)14-6-8-16-15(12-14)7-9-17-19(16,3)10-5-11-20(17,4)18(21)22;/h2*7,12-13,16-17H,5-6,8-11H2,1-4H3,(H,21,22);/q;;+2/p-2. The molecule has 252 valence electrons. The second-order valence-electron chi connectivity index (χ2n) is 17.0. The average molecular weight is 709 g/mol. The van der Waals surface area contributed by atoms with Crippen LogP contribution in [0.5, 0.6) is 0 Å². The van der Waals surface area contributed by atoms with Gasteiger partial charge in [0.15, 0.2) is 0 Å². The summed E-state index contributed by atoms with van der Waals surface area (Å²) >= 11 is 0. The normalized spacial score (nSPS) is 40.4. The monoisotopic (exact) mass is 708 g/mol. The van der Waals surface area contributed by atoms with Crippen molar-refractivity contribution in [3.63, 3.8) is 0 Å². The number of allylic oxidation sites excluding steroid dienone is 8. The molecule has 8 atom stereocenters. The van der Waals surface area contributed by atoms with E-state index in [-0.39, 0.29) is 43.1 Å². The topological polar surface area (TPSA) is 80.3 Å². The first-order valence-corrected chi connectivity index (χ1v) is 17.8. The van der Waals surface area contributed by atoms with Gasteiger partial charge < -0.3 is 19.8 Å². The molecule has 0 N–H and O–H groups in total. The number of aliphatic carboxylic acids is 2. The quantitative estimate of drug-likeness (QED) is 0.280. The van der Waals surface area contributed by atoms with Crippen molar-refractivity contribution in [1.82, 2.24) is 0 Å². The van der Waals surface area contributed by atoms with E-state index in [1.54, 1.807) is 11.1 Å². The zero-order chi connectivity index (χ0) is 32.2. The number of fused-ring (bicyclic) bond motifs is 6. The fraction of sp³-hybridized carbons (Fsp3) is 0.750.